The van der Waals surface area contributed by atoms with Crippen molar-refractivity contribution in [2.45, 2.75) is 6.54 Å². The number of fused-ring (bicyclic) bond motifs is 1. The van der Waals surface area contributed by atoms with Gasteiger partial charge < -0.3 is 4.42 Å². The summed E-state index contributed by atoms with van der Waals surface area (Å²) in [5, 5.41) is 0.766. The minimum atomic E-state index is -0.0666. The van der Waals surface area contributed by atoms with Crippen molar-refractivity contribution in [3.8, 4) is 10.8 Å². The summed E-state index contributed by atoms with van der Waals surface area (Å²) in [6.07, 6.45) is 1.83. The SMILES string of the molecule is O=C1S/C(=C\c2ccc(-c3nc4ccccc4s3)o2)C(=S)N1Cc1ccccc1. The van der Waals surface area contributed by atoms with Gasteiger partial charge >= 0.3 is 0 Å². The van der Waals surface area contributed by atoms with Gasteiger partial charge in [-0.05, 0) is 47.7 Å². The van der Waals surface area contributed by atoms with E-state index in [9.17, 15) is 4.79 Å². The van der Waals surface area contributed by atoms with Gasteiger partial charge in [0.15, 0.2) is 10.8 Å². The monoisotopic (exact) mass is 434 g/mol. The van der Waals surface area contributed by atoms with Crippen molar-refractivity contribution < 1.29 is 9.21 Å². The number of aromatic nitrogens is 1. The summed E-state index contributed by atoms with van der Waals surface area (Å²) in [6.45, 7) is 0.470. The van der Waals surface area contributed by atoms with Crippen LogP contribution in [0, 0.1) is 0 Å². The number of furan rings is 1. The zero-order valence-electron chi connectivity index (χ0n) is 15.1. The average molecular weight is 435 g/mol. The molecule has 0 N–H and O–H groups in total. The van der Waals surface area contributed by atoms with Crippen molar-refractivity contribution in [3.63, 3.8) is 0 Å². The molecule has 0 unspecified atom stereocenters. The number of thioether (sulfide) groups is 1. The predicted molar refractivity (Wildman–Crippen MR) is 123 cm³/mol. The fourth-order valence-electron chi connectivity index (χ4n) is 3.05. The van der Waals surface area contributed by atoms with Crippen molar-refractivity contribution in [1.29, 1.82) is 0 Å². The number of thiocarbonyl (C=S) groups is 1. The van der Waals surface area contributed by atoms with E-state index in [2.05, 4.69) is 4.98 Å². The van der Waals surface area contributed by atoms with Crippen molar-refractivity contribution >= 4 is 61.8 Å². The molecule has 0 saturated carbocycles. The highest BCUT2D eigenvalue weighted by molar-refractivity contribution is 8.19. The van der Waals surface area contributed by atoms with Crippen LogP contribution in [-0.4, -0.2) is 20.1 Å². The van der Waals surface area contributed by atoms with Gasteiger partial charge in [-0.15, -0.1) is 11.3 Å². The topological polar surface area (TPSA) is 46.3 Å². The third-order valence-electron chi connectivity index (χ3n) is 4.46. The Morgan fingerprint density at radius 3 is 2.66 bits per heavy atom. The van der Waals surface area contributed by atoms with Gasteiger partial charge in [-0.3, -0.25) is 9.69 Å². The summed E-state index contributed by atoms with van der Waals surface area (Å²) in [5.41, 5.74) is 2.00. The molecule has 0 radical (unpaired) electrons. The van der Waals surface area contributed by atoms with Crippen LogP contribution in [0.2, 0.25) is 0 Å². The normalized spacial score (nSPS) is 15.7. The van der Waals surface area contributed by atoms with Crippen LogP contribution in [0.15, 0.2) is 76.1 Å². The van der Waals surface area contributed by atoms with Gasteiger partial charge in [-0.2, -0.15) is 0 Å². The Kier molecular flexibility index (Phi) is 4.79. The molecule has 7 heteroatoms. The second-order valence-electron chi connectivity index (χ2n) is 6.44. The lowest BCUT2D eigenvalue weighted by atomic mass is 10.2. The van der Waals surface area contributed by atoms with Crippen LogP contribution in [0.1, 0.15) is 11.3 Å². The molecule has 142 valence electrons. The molecule has 0 bridgehead atoms. The van der Waals surface area contributed by atoms with Gasteiger partial charge in [0.05, 0.1) is 21.7 Å². The highest BCUT2D eigenvalue weighted by Gasteiger charge is 2.31. The molecule has 1 aliphatic rings. The lowest BCUT2D eigenvalue weighted by Crippen LogP contribution is -2.26. The Bertz CT molecular complexity index is 1220. The summed E-state index contributed by atoms with van der Waals surface area (Å²) in [5.74, 6) is 1.36. The number of rotatable bonds is 4. The van der Waals surface area contributed by atoms with E-state index in [-0.39, 0.29) is 5.24 Å². The quantitative estimate of drug-likeness (QED) is 0.268. The van der Waals surface area contributed by atoms with Crippen molar-refractivity contribution in [3.05, 3.63) is 83.0 Å². The Balaban J connectivity index is 1.38. The van der Waals surface area contributed by atoms with Crippen LogP contribution in [0.25, 0.3) is 27.1 Å². The van der Waals surface area contributed by atoms with E-state index >= 15 is 0 Å². The number of carbonyl (C=O) groups is 1. The van der Waals surface area contributed by atoms with E-state index in [1.54, 1.807) is 16.2 Å². The Morgan fingerprint density at radius 1 is 1.03 bits per heavy atom. The maximum Gasteiger partial charge on any atom is 0.291 e. The molecule has 29 heavy (non-hydrogen) atoms. The lowest BCUT2D eigenvalue weighted by Gasteiger charge is -2.14. The first-order valence-electron chi connectivity index (χ1n) is 8.92. The zero-order chi connectivity index (χ0) is 19.8. The summed E-state index contributed by atoms with van der Waals surface area (Å²) in [6, 6.07) is 21.6. The molecule has 0 aliphatic carbocycles. The van der Waals surface area contributed by atoms with Gasteiger partial charge in [0.1, 0.15) is 10.7 Å². The maximum atomic E-state index is 12.4. The molecule has 2 aromatic carbocycles. The fraction of sp³-hybridized carbons (Fsp3) is 0.0455. The van der Waals surface area contributed by atoms with E-state index in [1.807, 2.05) is 72.8 Å². The second-order valence-corrected chi connectivity index (χ2v) is 8.85. The number of hydrogen-bond acceptors (Lipinski definition) is 6. The lowest BCUT2D eigenvalue weighted by molar-refractivity contribution is 0.244. The minimum Gasteiger partial charge on any atom is -0.454 e. The predicted octanol–water partition coefficient (Wildman–Crippen LogP) is 6.59. The number of para-hydroxylation sites is 1. The number of benzene rings is 2. The average Bonchev–Trinajstić information content (AvgIpc) is 3.43. The summed E-state index contributed by atoms with van der Waals surface area (Å²) < 4.78 is 7.09. The van der Waals surface area contributed by atoms with Crippen LogP contribution in [-0.2, 0) is 6.54 Å². The molecule has 3 heterocycles. The number of carbonyl (C=O) groups excluding carboxylic acids is 1. The molecule has 2 aromatic heterocycles. The first-order chi connectivity index (χ1) is 14.2. The van der Waals surface area contributed by atoms with Crippen LogP contribution in [0.3, 0.4) is 0 Å². The van der Waals surface area contributed by atoms with Crippen LogP contribution >= 0.6 is 35.3 Å². The standard InChI is InChI=1S/C22H14N2O2S3/c25-22-24(13-14-6-2-1-3-7-14)21(27)19(29-22)12-15-10-11-17(26-15)20-23-16-8-4-5-9-18(16)28-20/h1-12H,13H2/b19-12-. The fourth-order valence-corrected chi connectivity index (χ4v) is 5.20. The van der Waals surface area contributed by atoms with E-state index in [0.29, 0.717) is 23.1 Å². The van der Waals surface area contributed by atoms with Gasteiger partial charge in [-0.1, -0.05) is 54.7 Å². The van der Waals surface area contributed by atoms with E-state index in [1.165, 1.54) is 0 Å². The molecule has 0 atom stereocenters. The van der Waals surface area contributed by atoms with Crippen molar-refractivity contribution in [1.82, 2.24) is 9.88 Å². The molecule has 1 fully saturated rings. The van der Waals surface area contributed by atoms with Crippen LogP contribution < -0.4 is 0 Å². The first kappa shape index (κ1) is 18.3. The molecule has 5 rings (SSSR count). The van der Waals surface area contributed by atoms with Gasteiger partial charge in [0.25, 0.3) is 5.24 Å². The van der Waals surface area contributed by atoms with Gasteiger partial charge in [-0.25, -0.2) is 4.98 Å². The highest BCUT2D eigenvalue weighted by Crippen LogP contribution is 2.36. The molecule has 0 spiro atoms. The zero-order valence-corrected chi connectivity index (χ0v) is 17.5. The second kappa shape index (κ2) is 7.59. The van der Waals surface area contributed by atoms with E-state index < -0.39 is 0 Å². The number of amides is 1. The maximum absolute atomic E-state index is 12.4. The van der Waals surface area contributed by atoms with Crippen LogP contribution in [0.5, 0.6) is 0 Å². The molecule has 4 nitrogen and oxygen atoms in total. The first-order valence-corrected chi connectivity index (χ1v) is 11.0. The Hall–Kier alpha value is -2.74. The number of hydrogen-bond donors (Lipinski definition) is 0. The molecule has 1 saturated heterocycles. The third kappa shape index (κ3) is 3.64. The summed E-state index contributed by atoms with van der Waals surface area (Å²) in [4.78, 5) is 19.9. The number of nitrogens with zero attached hydrogens (tertiary/aromatic N) is 2. The van der Waals surface area contributed by atoms with Gasteiger partial charge in [0.2, 0.25) is 0 Å². The van der Waals surface area contributed by atoms with Crippen LogP contribution in [0.4, 0.5) is 4.79 Å². The summed E-state index contributed by atoms with van der Waals surface area (Å²) >= 11 is 8.27. The third-order valence-corrected chi connectivity index (χ3v) is 7.01. The molecular weight excluding hydrogens is 420 g/mol. The molecule has 1 aliphatic heterocycles. The Morgan fingerprint density at radius 2 is 1.83 bits per heavy atom. The largest absolute Gasteiger partial charge is 0.454 e. The Labute approximate surface area is 180 Å². The highest BCUT2D eigenvalue weighted by atomic mass is 32.2. The smallest absolute Gasteiger partial charge is 0.291 e. The van der Waals surface area contributed by atoms with E-state index in [4.69, 9.17) is 16.6 Å². The van der Waals surface area contributed by atoms with Crippen molar-refractivity contribution in [2.75, 3.05) is 0 Å². The minimum absolute atomic E-state index is 0.0666. The van der Waals surface area contributed by atoms with Crippen molar-refractivity contribution in [2.24, 2.45) is 0 Å². The number of thiazole rings is 1. The molecule has 4 aromatic rings. The van der Waals surface area contributed by atoms with Gasteiger partial charge in [0, 0.05) is 0 Å². The van der Waals surface area contributed by atoms with E-state index in [0.717, 1.165) is 37.5 Å². The molecule has 1 amide bonds. The summed E-state index contributed by atoms with van der Waals surface area (Å²) in [7, 11) is 0. The molecular formula is C22H14N2O2S3.